The van der Waals surface area contributed by atoms with Crippen LogP contribution in [0, 0.1) is 23.7 Å². The van der Waals surface area contributed by atoms with Gasteiger partial charge in [-0.3, -0.25) is 4.79 Å². The Balaban J connectivity index is 1.93. The highest BCUT2D eigenvalue weighted by atomic mass is 16.1. The Kier molecular flexibility index (Phi) is 1.61. The smallest absolute Gasteiger partial charge is 0.143 e. The van der Waals surface area contributed by atoms with Crippen LogP contribution in [-0.2, 0) is 4.79 Å². The predicted molar refractivity (Wildman–Crippen MR) is 51.2 cm³/mol. The second-order valence-corrected chi connectivity index (χ2v) is 4.85. The number of Topliss-reactive ketones (excluding diaryl/α,β-unsaturated/α-hetero) is 1. The van der Waals surface area contributed by atoms with Crippen LogP contribution in [-0.4, -0.2) is 5.78 Å². The van der Waals surface area contributed by atoms with E-state index in [0.717, 1.165) is 18.3 Å². The van der Waals surface area contributed by atoms with Crippen molar-refractivity contribution in [2.45, 2.75) is 32.1 Å². The van der Waals surface area contributed by atoms with E-state index in [4.69, 9.17) is 0 Å². The Bertz CT molecular complexity index is 266. The Labute approximate surface area is 79.2 Å². The van der Waals surface area contributed by atoms with Gasteiger partial charge >= 0.3 is 0 Å². The molecular weight excluding hydrogens is 160 g/mol. The van der Waals surface area contributed by atoms with Crippen molar-refractivity contribution >= 4 is 5.78 Å². The molecule has 0 spiro atoms. The summed E-state index contributed by atoms with van der Waals surface area (Å²) in [5.41, 5.74) is 0. The Morgan fingerprint density at radius 3 is 2.92 bits per heavy atom. The predicted octanol–water partition coefficient (Wildman–Crippen LogP) is 2.57. The maximum absolute atomic E-state index is 12.0. The van der Waals surface area contributed by atoms with Gasteiger partial charge in [0.2, 0.25) is 0 Å². The lowest BCUT2D eigenvalue weighted by Gasteiger charge is -2.38. The van der Waals surface area contributed by atoms with E-state index >= 15 is 0 Å². The van der Waals surface area contributed by atoms with E-state index < -0.39 is 0 Å². The lowest BCUT2D eigenvalue weighted by Crippen LogP contribution is -2.38. The summed E-state index contributed by atoms with van der Waals surface area (Å²) in [5.74, 6) is 2.79. The molecule has 0 N–H and O–H groups in total. The SMILES string of the molecule is O=C1C2C=CC(C2)C2CCCCC12. The summed E-state index contributed by atoms with van der Waals surface area (Å²) < 4.78 is 0. The van der Waals surface area contributed by atoms with Crippen LogP contribution >= 0.6 is 0 Å². The third-order valence-corrected chi connectivity index (χ3v) is 4.22. The first kappa shape index (κ1) is 7.78. The molecule has 3 aliphatic rings. The molecule has 13 heavy (non-hydrogen) atoms. The summed E-state index contributed by atoms with van der Waals surface area (Å²) >= 11 is 0. The Morgan fingerprint density at radius 2 is 2.00 bits per heavy atom. The molecule has 1 heteroatoms. The molecule has 4 unspecified atom stereocenters. The van der Waals surface area contributed by atoms with Crippen LogP contribution in [0.25, 0.3) is 0 Å². The van der Waals surface area contributed by atoms with E-state index in [1.165, 1.54) is 25.7 Å². The maximum atomic E-state index is 12.0. The van der Waals surface area contributed by atoms with E-state index in [1.807, 2.05) is 0 Å². The van der Waals surface area contributed by atoms with Gasteiger partial charge in [-0.25, -0.2) is 0 Å². The highest BCUT2D eigenvalue weighted by Gasteiger charge is 2.45. The van der Waals surface area contributed by atoms with Gasteiger partial charge < -0.3 is 0 Å². The van der Waals surface area contributed by atoms with Crippen molar-refractivity contribution in [2.24, 2.45) is 23.7 Å². The lowest BCUT2D eigenvalue weighted by atomic mass is 9.64. The largest absolute Gasteiger partial charge is 0.299 e. The zero-order valence-corrected chi connectivity index (χ0v) is 7.91. The van der Waals surface area contributed by atoms with Crippen LogP contribution < -0.4 is 0 Å². The topological polar surface area (TPSA) is 17.1 Å². The zero-order valence-electron chi connectivity index (χ0n) is 7.91. The normalized spacial score (nSPS) is 47.8. The molecule has 2 bridgehead atoms. The fraction of sp³-hybridized carbons (Fsp3) is 0.750. The maximum Gasteiger partial charge on any atom is 0.143 e. The van der Waals surface area contributed by atoms with Crippen LogP contribution in [0.3, 0.4) is 0 Å². The molecule has 0 aliphatic heterocycles. The number of ketones is 1. The monoisotopic (exact) mass is 176 g/mol. The van der Waals surface area contributed by atoms with Gasteiger partial charge in [-0.15, -0.1) is 0 Å². The lowest BCUT2D eigenvalue weighted by molar-refractivity contribution is -0.131. The molecule has 70 valence electrons. The molecule has 0 amide bonds. The third-order valence-electron chi connectivity index (χ3n) is 4.22. The number of fused-ring (bicyclic) bond motifs is 4. The molecular formula is C12H16O. The van der Waals surface area contributed by atoms with Gasteiger partial charge in [0.25, 0.3) is 0 Å². The molecule has 0 radical (unpaired) electrons. The van der Waals surface area contributed by atoms with Crippen molar-refractivity contribution in [3.8, 4) is 0 Å². The minimum Gasteiger partial charge on any atom is -0.299 e. The average Bonchev–Trinajstić information content (AvgIpc) is 2.61. The van der Waals surface area contributed by atoms with Crippen LogP contribution in [0.15, 0.2) is 12.2 Å². The number of rotatable bonds is 0. The number of carbonyl (C=O) groups is 1. The van der Waals surface area contributed by atoms with Gasteiger partial charge in [-0.1, -0.05) is 25.0 Å². The summed E-state index contributed by atoms with van der Waals surface area (Å²) in [6, 6.07) is 0. The van der Waals surface area contributed by atoms with Crippen molar-refractivity contribution in [1.82, 2.24) is 0 Å². The third kappa shape index (κ3) is 1.02. The highest BCUT2D eigenvalue weighted by molar-refractivity contribution is 5.87. The van der Waals surface area contributed by atoms with Gasteiger partial charge in [-0.2, -0.15) is 0 Å². The van der Waals surface area contributed by atoms with E-state index in [9.17, 15) is 4.79 Å². The quantitative estimate of drug-likeness (QED) is 0.518. The van der Waals surface area contributed by atoms with Crippen LogP contribution in [0.2, 0.25) is 0 Å². The van der Waals surface area contributed by atoms with Gasteiger partial charge in [0, 0.05) is 11.8 Å². The van der Waals surface area contributed by atoms with Crippen LogP contribution in [0.5, 0.6) is 0 Å². The molecule has 0 aromatic carbocycles. The fourth-order valence-electron chi connectivity index (χ4n) is 3.56. The summed E-state index contributed by atoms with van der Waals surface area (Å²) in [6.45, 7) is 0. The second kappa shape index (κ2) is 2.70. The second-order valence-electron chi connectivity index (χ2n) is 4.85. The highest BCUT2D eigenvalue weighted by Crippen LogP contribution is 2.47. The van der Waals surface area contributed by atoms with E-state index in [1.54, 1.807) is 0 Å². The standard InChI is InChI=1S/C12H16O/c13-12-9-6-5-8(7-9)10-3-1-2-4-11(10)12/h5-6,8-11H,1-4,7H2. The van der Waals surface area contributed by atoms with Crippen molar-refractivity contribution in [3.63, 3.8) is 0 Å². The van der Waals surface area contributed by atoms with E-state index in [-0.39, 0.29) is 0 Å². The number of allylic oxidation sites excluding steroid dienone is 2. The molecule has 3 aliphatic carbocycles. The van der Waals surface area contributed by atoms with Gasteiger partial charge in [0.05, 0.1) is 0 Å². The Morgan fingerprint density at radius 1 is 1.15 bits per heavy atom. The van der Waals surface area contributed by atoms with Crippen LogP contribution in [0.4, 0.5) is 0 Å². The molecule has 0 heterocycles. The molecule has 3 rings (SSSR count). The van der Waals surface area contributed by atoms with Crippen LogP contribution in [0.1, 0.15) is 32.1 Å². The first-order valence-corrected chi connectivity index (χ1v) is 5.58. The summed E-state index contributed by atoms with van der Waals surface area (Å²) in [5, 5.41) is 0. The molecule has 0 saturated heterocycles. The van der Waals surface area contributed by atoms with Crippen molar-refractivity contribution in [2.75, 3.05) is 0 Å². The van der Waals surface area contributed by atoms with E-state index in [2.05, 4.69) is 12.2 Å². The fourth-order valence-corrected chi connectivity index (χ4v) is 3.56. The van der Waals surface area contributed by atoms with Crippen molar-refractivity contribution in [3.05, 3.63) is 12.2 Å². The first-order chi connectivity index (χ1) is 6.36. The number of hydrogen-bond donors (Lipinski definition) is 0. The molecule has 1 nitrogen and oxygen atoms in total. The molecule has 0 aromatic rings. The minimum atomic E-state index is 0.310. The summed E-state index contributed by atoms with van der Waals surface area (Å²) in [4.78, 5) is 12.0. The Hall–Kier alpha value is -0.590. The van der Waals surface area contributed by atoms with Crippen molar-refractivity contribution in [1.29, 1.82) is 0 Å². The summed E-state index contributed by atoms with van der Waals surface area (Å²) in [6.07, 6.45) is 10.7. The molecule has 2 saturated carbocycles. The van der Waals surface area contributed by atoms with Gasteiger partial charge in [0.1, 0.15) is 5.78 Å². The molecule has 0 aromatic heterocycles. The number of hydrogen-bond acceptors (Lipinski definition) is 1. The number of carbonyl (C=O) groups excluding carboxylic acids is 1. The van der Waals surface area contributed by atoms with Gasteiger partial charge in [0.15, 0.2) is 0 Å². The first-order valence-electron chi connectivity index (χ1n) is 5.58. The van der Waals surface area contributed by atoms with E-state index in [0.29, 0.717) is 17.6 Å². The van der Waals surface area contributed by atoms with Crippen molar-refractivity contribution < 1.29 is 4.79 Å². The summed E-state index contributed by atoms with van der Waals surface area (Å²) in [7, 11) is 0. The molecule has 2 fully saturated rings. The zero-order chi connectivity index (χ0) is 8.84. The molecule has 4 atom stereocenters. The van der Waals surface area contributed by atoms with Gasteiger partial charge in [-0.05, 0) is 31.1 Å². The average molecular weight is 176 g/mol. The minimum absolute atomic E-state index is 0.310.